The molecule has 0 aliphatic heterocycles. The lowest BCUT2D eigenvalue weighted by molar-refractivity contribution is 0.727. The molecule has 1 aliphatic carbocycles. The topological polar surface area (TPSA) is 17.8 Å². The summed E-state index contributed by atoms with van der Waals surface area (Å²) in [5, 5.41) is 0. The summed E-state index contributed by atoms with van der Waals surface area (Å²) in [4.78, 5) is 4.89. The summed E-state index contributed by atoms with van der Waals surface area (Å²) in [6.45, 7) is 5.47. The summed E-state index contributed by atoms with van der Waals surface area (Å²) in [6, 6.07) is 17.7. The normalized spacial score (nSPS) is 15.9. The minimum atomic E-state index is 0.639. The first kappa shape index (κ1) is 14.5. The van der Waals surface area contributed by atoms with Gasteiger partial charge in [-0.05, 0) is 48.4 Å². The average molecular weight is 304 g/mol. The Morgan fingerprint density at radius 3 is 2.52 bits per heavy atom. The second kappa shape index (κ2) is 5.84. The molecule has 1 aromatic heterocycles. The first-order chi connectivity index (χ1) is 11.3. The molecule has 3 aromatic rings. The second-order valence-corrected chi connectivity index (χ2v) is 6.87. The summed E-state index contributed by atoms with van der Waals surface area (Å²) in [5.74, 6) is 2.58. The summed E-state index contributed by atoms with van der Waals surface area (Å²) < 4.78 is 2.42. The van der Waals surface area contributed by atoms with E-state index in [4.69, 9.17) is 4.98 Å². The van der Waals surface area contributed by atoms with Gasteiger partial charge in [0.15, 0.2) is 0 Å². The summed E-state index contributed by atoms with van der Waals surface area (Å²) >= 11 is 0. The summed E-state index contributed by atoms with van der Waals surface area (Å²) in [6.07, 6.45) is 3.77. The van der Waals surface area contributed by atoms with Crippen molar-refractivity contribution in [3.63, 3.8) is 0 Å². The number of hydrogen-bond acceptors (Lipinski definition) is 1. The Labute approximate surface area is 138 Å². The monoisotopic (exact) mass is 304 g/mol. The molecular weight excluding hydrogens is 280 g/mol. The Balaban J connectivity index is 1.68. The van der Waals surface area contributed by atoms with Crippen LogP contribution in [0.2, 0.25) is 0 Å². The van der Waals surface area contributed by atoms with Crippen molar-refractivity contribution in [1.82, 2.24) is 9.55 Å². The Morgan fingerprint density at radius 1 is 1.09 bits per heavy atom. The lowest BCUT2D eigenvalue weighted by Crippen LogP contribution is -2.04. The highest BCUT2D eigenvalue weighted by Crippen LogP contribution is 2.40. The van der Waals surface area contributed by atoms with Crippen LogP contribution in [0.15, 0.2) is 48.5 Å². The number of imidazole rings is 1. The molecular formula is C21H24N2. The van der Waals surface area contributed by atoms with E-state index < -0.39 is 0 Å². The third kappa shape index (κ3) is 2.78. The predicted octanol–water partition coefficient (Wildman–Crippen LogP) is 5.48. The first-order valence-electron chi connectivity index (χ1n) is 8.80. The molecule has 0 saturated heterocycles. The lowest BCUT2D eigenvalue weighted by Gasteiger charge is -2.12. The highest BCUT2D eigenvalue weighted by Gasteiger charge is 2.29. The van der Waals surface area contributed by atoms with Crippen molar-refractivity contribution < 1.29 is 0 Å². The van der Waals surface area contributed by atoms with Crippen LogP contribution < -0.4 is 0 Å². The zero-order valence-electron chi connectivity index (χ0n) is 14.0. The van der Waals surface area contributed by atoms with E-state index in [9.17, 15) is 0 Å². The van der Waals surface area contributed by atoms with Gasteiger partial charge in [0.05, 0.1) is 11.0 Å². The van der Waals surface area contributed by atoms with E-state index in [2.05, 4.69) is 66.9 Å². The van der Waals surface area contributed by atoms with Crippen LogP contribution in [0.3, 0.4) is 0 Å². The quantitative estimate of drug-likeness (QED) is 0.610. The molecule has 0 amide bonds. The van der Waals surface area contributed by atoms with Crippen LogP contribution in [0, 0.1) is 0 Å². The van der Waals surface area contributed by atoms with E-state index in [-0.39, 0.29) is 0 Å². The Morgan fingerprint density at radius 2 is 1.83 bits per heavy atom. The van der Waals surface area contributed by atoms with Crippen LogP contribution in [0.1, 0.15) is 61.9 Å². The van der Waals surface area contributed by atoms with Gasteiger partial charge in [-0.2, -0.15) is 0 Å². The molecule has 1 unspecified atom stereocenters. The zero-order chi connectivity index (χ0) is 15.8. The van der Waals surface area contributed by atoms with Gasteiger partial charge in [-0.1, -0.05) is 50.2 Å². The molecule has 23 heavy (non-hydrogen) atoms. The van der Waals surface area contributed by atoms with E-state index in [0.717, 1.165) is 12.1 Å². The molecule has 1 fully saturated rings. The SMILES string of the molecule is CCC(C)c1ccc(Cn2c(C3CC3)nc3ccccc32)cc1. The Kier molecular flexibility index (Phi) is 3.68. The van der Waals surface area contributed by atoms with Gasteiger partial charge in [0.1, 0.15) is 5.82 Å². The number of benzene rings is 2. The van der Waals surface area contributed by atoms with Crippen LogP contribution in [0.5, 0.6) is 0 Å². The highest BCUT2D eigenvalue weighted by molar-refractivity contribution is 5.76. The van der Waals surface area contributed by atoms with Crippen LogP contribution in [0.25, 0.3) is 11.0 Å². The molecule has 1 atom stereocenters. The Bertz CT molecular complexity index is 809. The van der Waals surface area contributed by atoms with Gasteiger partial charge in [0.2, 0.25) is 0 Å². The van der Waals surface area contributed by atoms with Gasteiger partial charge in [-0.15, -0.1) is 0 Å². The van der Waals surface area contributed by atoms with Crippen LogP contribution in [0.4, 0.5) is 0 Å². The van der Waals surface area contributed by atoms with Gasteiger partial charge in [0, 0.05) is 12.5 Å². The minimum absolute atomic E-state index is 0.639. The fourth-order valence-corrected chi connectivity index (χ4v) is 3.28. The number of fused-ring (bicyclic) bond motifs is 1. The molecule has 0 spiro atoms. The van der Waals surface area contributed by atoms with Gasteiger partial charge in [-0.25, -0.2) is 4.98 Å². The fraction of sp³-hybridized carbons (Fsp3) is 0.381. The molecule has 0 radical (unpaired) electrons. The third-order valence-corrected chi connectivity index (χ3v) is 5.13. The summed E-state index contributed by atoms with van der Waals surface area (Å²) in [5.41, 5.74) is 5.20. The van der Waals surface area contributed by atoms with Gasteiger partial charge >= 0.3 is 0 Å². The van der Waals surface area contributed by atoms with Gasteiger partial charge < -0.3 is 4.57 Å². The predicted molar refractivity (Wildman–Crippen MR) is 96.0 cm³/mol. The molecule has 1 saturated carbocycles. The molecule has 2 heteroatoms. The molecule has 1 heterocycles. The Hall–Kier alpha value is -2.09. The first-order valence-corrected chi connectivity index (χ1v) is 8.80. The maximum absolute atomic E-state index is 4.89. The molecule has 4 rings (SSSR count). The van der Waals surface area contributed by atoms with Crippen LogP contribution in [-0.4, -0.2) is 9.55 Å². The third-order valence-electron chi connectivity index (χ3n) is 5.13. The number of rotatable bonds is 5. The minimum Gasteiger partial charge on any atom is -0.323 e. The average Bonchev–Trinajstić information content (AvgIpc) is 3.38. The summed E-state index contributed by atoms with van der Waals surface area (Å²) in [7, 11) is 0. The molecule has 0 bridgehead atoms. The molecule has 1 aliphatic rings. The van der Waals surface area contributed by atoms with E-state index >= 15 is 0 Å². The van der Waals surface area contributed by atoms with Crippen molar-refractivity contribution in [3.05, 3.63) is 65.5 Å². The maximum Gasteiger partial charge on any atom is 0.113 e. The number of nitrogens with zero attached hydrogens (tertiary/aromatic N) is 2. The second-order valence-electron chi connectivity index (χ2n) is 6.87. The lowest BCUT2D eigenvalue weighted by atomic mass is 9.97. The van der Waals surface area contributed by atoms with Crippen LogP contribution >= 0.6 is 0 Å². The van der Waals surface area contributed by atoms with E-state index in [1.54, 1.807) is 0 Å². The number of hydrogen-bond donors (Lipinski definition) is 0. The van der Waals surface area contributed by atoms with Crippen molar-refractivity contribution in [1.29, 1.82) is 0 Å². The van der Waals surface area contributed by atoms with E-state index in [0.29, 0.717) is 11.8 Å². The van der Waals surface area contributed by atoms with E-state index in [1.807, 2.05) is 0 Å². The standard InChI is InChI=1S/C21H24N2/c1-3-15(2)17-10-8-16(9-11-17)14-23-20-7-5-4-6-19(20)22-21(23)18-12-13-18/h4-11,15,18H,3,12-14H2,1-2H3. The van der Waals surface area contributed by atoms with Crippen molar-refractivity contribution in [2.24, 2.45) is 0 Å². The van der Waals surface area contributed by atoms with Crippen molar-refractivity contribution in [2.45, 2.75) is 51.5 Å². The van der Waals surface area contributed by atoms with Crippen molar-refractivity contribution in [3.8, 4) is 0 Å². The molecule has 2 aromatic carbocycles. The molecule has 2 nitrogen and oxygen atoms in total. The van der Waals surface area contributed by atoms with E-state index in [1.165, 1.54) is 41.7 Å². The molecule has 0 N–H and O–H groups in total. The molecule has 118 valence electrons. The fourth-order valence-electron chi connectivity index (χ4n) is 3.28. The number of aromatic nitrogens is 2. The van der Waals surface area contributed by atoms with Crippen molar-refractivity contribution in [2.75, 3.05) is 0 Å². The smallest absolute Gasteiger partial charge is 0.113 e. The van der Waals surface area contributed by atoms with Gasteiger partial charge in [-0.3, -0.25) is 0 Å². The van der Waals surface area contributed by atoms with Gasteiger partial charge in [0.25, 0.3) is 0 Å². The largest absolute Gasteiger partial charge is 0.323 e. The van der Waals surface area contributed by atoms with Crippen LogP contribution in [-0.2, 0) is 6.54 Å². The maximum atomic E-state index is 4.89. The zero-order valence-corrected chi connectivity index (χ0v) is 14.0. The van der Waals surface area contributed by atoms with Crippen molar-refractivity contribution >= 4 is 11.0 Å². The highest BCUT2D eigenvalue weighted by atomic mass is 15.1. The number of para-hydroxylation sites is 2.